The molecule has 1 aromatic rings. The Morgan fingerprint density at radius 2 is 1.87 bits per heavy atom. The van der Waals surface area contributed by atoms with Gasteiger partial charge >= 0.3 is 6.18 Å². The van der Waals surface area contributed by atoms with E-state index in [1.165, 1.54) is 12.1 Å². The molecule has 6 heteroatoms. The molecule has 0 aromatic heterocycles. The van der Waals surface area contributed by atoms with E-state index in [0.29, 0.717) is 24.3 Å². The first-order chi connectivity index (χ1) is 10.8. The van der Waals surface area contributed by atoms with Crippen LogP contribution in [-0.2, 0) is 11.0 Å². The summed E-state index contributed by atoms with van der Waals surface area (Å²) in [4.78, 5) is 5.89. The molecule has 1 saturated carbocycles. The highest BCUT2D eigenvalue weighted by Crippen LogP contribution is 2.35. The maximum absolute atomic E-state index is 12.6. The first-order valence-corrected chi connectivity index (χ1v) is 7.84. The van der Waals surface area contributed by atoms with Crippen LogP contribution in [0.4, 0.5) is 13.2 Å². The van der Waals surface area contributed by atoms with Crippen molar-refractivity contribution >= 4 is 5.76 Å². The number of hydrogen-bond donors (Lipinski definition) is 1. The van der Waals surface area contributed by atoms with E-state index in [1.807, 2.05) is 12.0 Å². The van der Waals surface area contributed by atoms with Crippen molar-refractivity contribution in [3.63, 3.8) is 0 Å². The molecular formula is C17H20F3NO2. The summed E-state index contributed by atoms with van der Waals surface area (Å²) in [6.07, 6.45) is -1.21. The van der Waals surface area contributed by atoms with Gasteiger partial charge in [-0.3, -0.25) is 0 Å². The minimum absolute atomic E-state index is 0.153. The SMILES string of the molecule is CC1=C(c2ccc(C(F)(F)F)cc2)ON(C2CCCC(O)C2)C1. The molecule has 126 valence electrons. The summed E-state index contributed by atoms with van der Waals surface area (Å²) >= 11 is 0. The third-order valence-electron chi connectivity index (χ3n) is 4.49. The number of aliphatic hydroxyl groups excluding tert-OH is 1. The number of nitrogens with zero attached hydrogens (tertiary/aromatic N) is 1. The third-order valence-corrected chi connectivity index (χ3v) is 4.49. The molecule has 1 aliphatic carbocycles. The minimum Gasteiger partial charge on any atom is -0.405 e. The predicted molar refractivity (Wildman–Crippen MR) is 80.1 cm³/mol. The molecule has 3 rings (SSSR count). The Bertz CT molecular complexity index is 595. The van der Waals surface area contributed by atoms with Crippen LogP contribution in [0.2, 0.25) is 0 Å². The quantitative estimate of drug-likeness (QED) is 0.891. The number of rotatable bonds is 2. The van der Waals surface area contributed by atoms with Crippen molar-refractivity contribution in [1.29, 1.82) is 0 Å². The molecule has 1 aliphatic heterocycles. The maximum Gasteiger partial charge on any atom is 0.416 e. The summed E-state index contributed by atoms with van der Waals surface area (Å²) in [5.41, 5.74) is 0.976. The van der Waals surface area contributed by atoms with Gasteiger partial charge in [0.25, 0.3) is 0 Å². The van der Waals surface area contributed by atoms with Crippen LogP contribution in [0.3, 0.4) is 0 Å². The fraction of sp³-hybridized carbons (Fsp3) is 0.529. The lowest BCUT2D eigenvalue weighted by atomic mass is 9.93. The average molecular weight is 327 g/mol. The molecule has 1 N–H and O–H groups in total. The van der Waals surface area contributed by atoms with Crippen LogP contribution in [0.1, 0.15) is 43.7 Å². The van der Waals surface area contributed by atoms with Crippen molar-refractivity contribution in [3.05, 3.63) is 41.0 Å². The van der Waals surface area contributed by atoms with E-state index in [2.05, 4.69) is 0 Å². The second kappa shape index (κ2) is 6.17. The van der Waals surface area contributed by atoms with Crippen LogP contribution in [0.15, 0.2) is 29.8 Å². The van der Waals surface area contributed by atoms with Crippen molar-refractivity contribution < 1.29 is 23.1 Å². The van der Waals surface area contributed by atoms with E-state index in [1.54, 1.807) is 0 Å². The van der Waals surface area contributed by atoms with Crippen molar-refractivity contribution in [3.8, 4) is 0 Å². The van der Waals surface area contributed by atoms with Gasteiger partial charge < -0.3 is 9.94 Å². The zero-order valence-corrected chi connectivity index (χ0v) is 12.9. The predicted octanol–water partition coefficient (Wildman–Crippen LogP) is 3.99. The third kappa shape index (κ3) is 3.53. The van der Waals surface area contributed by atoms with Gasteiger partial charge in [-0.25, -0.2) is 0 Å². The van der Waals surface area contributed by atoms with Crippen LogP contribution in [-0.4, -0.2) is 28.9 Å². The summed E-state index contributed by atoms with van der Waals surface area (Å²) in [6, 6.07) is 5.19. The summed E-state index contributed by atoms with van der Waals surface area (Å²) < 4.78 is 37.9. The molecule has 2 aliphatic rings. The van der Waals surface area contributed by atoms with Crippen molar-refractivity contribution in [2.45, 2.75) is 50.9 Å². The lowest BCUT2D eigenvalue weighted by Crippen LogP contribution is -2.38. The molecular weight excluding hydrogens is 307 g/mol. The Labute approximate surface area is 133 Å². The molecule has 1 fully saturated rings. The molecule has 0 radical (unpaired) electrons. The highest BCUT2D eigenvalue weighted by atomic mass is 19.4. The first-order valence-electron chi connectivity index (χ1n) is 7.84. The lowest BCUT2D eigenvalue weighted by Gasteiger charge is -2.32. The summed E-state index contributed by atoms with van der Waals surface area (Å²) in [5.74, 6) is 0.624. The Hall–Kier alpha value is -1.53. The molecule has 1 heterocycles. The average Bonchev–Trinajstić information content (AvgIpc) is 2.88. The van der Waals surface area contributed by atoms with Crippen LogP contribution < -0.4 is 0 Å². The highest BCUT2D eigenvalue weighted by molar-refractivity contribution is 5.64. The number of aliphatic hydroxyl groups is 1. The summed E-state index contributed by atoms with van der Waals surface area (Å²) in [6.45, 7) is 2.54. The number of alkyl halides is 3. The van der Waals surface area contributed by atoms with Crippen LogP contribution in [0.25, 0.3) is 5.76 Å². The molecule has 1 aromatic carbocycles. The smallest absolute Gasteiger partial charge is 0.405 e. The zero-order valence-electron chi connectivity index (χ0n) is 12.9. The molecule has 0 bridgehead atoms. The normalized spacial score (nSPS) is 26.5. The van der Waals surface area contributed by atoms with Crippen molar-refractivity contribution in [2.24, 2.45) is 0 Å². The Balaban J connectivity index is 1.72. The molecule has 3 nitrogen and oxygen atoms in total. The molecule has 23 heavy (non-hydrogen) atoms. The van der Waals surface area contributed by atoms with Gasteiger partial charge in [-0.1, -0.05) is 12.1 Å². The topological polar surface area (TPSA) is 32.7 Å². The van der Waals surface area contributed by atoms with Gasteiger partial charge in [0.15, 0.2) is 5.76 Å². The van der Waals surface area contributed by atoms with Gasteiger partial charge in [0, 0.05) is 11.6 Å². The van der Waals surface area contributed by atoms with Crippen LogP contribution in [0.5, 0.6) is 0 Å². The highest BCUT2D eigenvalue weighted by Gasteiger charge is 2.33. The van der Waals surface area contributed by atoms with Gasteiger partial charge in [-0.15, -0.1) is 5.06 Å². The second-order valence-corrected chi connectivity index (χ2v) is 6.33. The van der Waals surface area contributed by atoms with E-state index in [-0.39, 0.29) is 12.1 Å². The van der Waals surface area contributed by atoms with E-state index >= 15 is 0 Å². The Morgan fingerprint density at radius 1 is 1.17 bits per heavy atom. The van der Waals surface area contributed by atoms with Gasteiger partial charge in [-0.2, -0.15) is 13.2 Å². The number of benzene rings is 1. The standard InChI is InChI=1S/C17H20F3NO2/c1-11-10-21(14-3-2-4-15(22)9-14)23-16(11)12-5-7-13(8-6-12)17(18,19)20/h5-8,14-15,22H,2-4,9-10H2,1H3. The van der Waals surface area contributed by atoms with Gasteiger partial charge in [-0.05, 0) is 50.3 Å². The zero-order chi connectivity index (χ0) is 16.6. The van der Waals surface area contributed by atoms with E-state index in [4.69, 9.17) is 4.84 Å². The van der Waals surface area contributed by atoms with Gasteiger partial charge in [0.05, 0.1) is 18.2 Å². The Kier molecular flexibility index (Phi) is 4.38. The number of hydroxylamine groups is 2. The van der Waals surface area contributed by atoms with E-state index < -0.39 is 11.7 Å². The largest absolute Gasteiger partial charge is 0.416 e. The van der Waals surface area contributed by atoms with E-state index in [9.17, 15) is 18.3 Å². The molecule has 0 saturated heterocycles. The Morgan fingerprint density at radius 3 is 2.48 bits per heavy atom. The second-order valence-electron chi connectivity index (χ2n) is 6.33. The molecule has 0 amide bonds. The number of hydrogen-bond acceptors (Lipinski definition) is 3. The molecule has 2 unspecified atom stereocenters. The number of halogens is 3. The van der Waals surface area contributed by atoms with Crippen LogP contribution >= 0.6 is 0 Å². The maximum atomic E-state index is 12.6. The minimum atomic E-state index is -4.33. The lowest BCUT2D eigenvalue weighted by molar-refractivity contribution is -0.137. The molecule has 0 spiro atoms. The summed E-state index contributed by atoms with van der Waals surface area (Å²) in [7, 11) is 0. The van der Waals surface area contributed by atoms with Crippen molar-refractivity contribution in [2.75, 3.05) is 6.54 Å². The first kappa shape index (κ1) is 16.3. The monoisotopic (exact) mass is 327 g/mol. The van der Waals surface area contributed by atoms with Gasteiger partial charge in [0.2, 0.25) is 0 Å². The van der Waals surface area contributed by atoms with Gasteiger partial charge in [0.1, 0.15) is 0 Å². The van der Waals surface area contributed by atoms with Crippen molar-refractivity contribution in [1.82, 2.24) is 5.06 Å². The molecule has 2 atom stereocenters. The van der Waals surface area contributed by atoms with Crippen LogP contribution in [0, 0.1) is 0 Å². The fourth-order valence-electron chi connectivity index (χ4n) is 3.25. The summed E-state index contributed by atoms with van der Waals surface area (Å²) in [5, 5.41) is 11.6. The fourth-order valence-corrected chi connectivity index (χ4v) is 3.25. The van der Waals surface area contributed by atoms with E-state index in [0.717, 1.165) is 37.0 Å².